The van der Waals surface area contributed by atoms with E-state index in [2.05, 4.69) is 5.32 Å². The van der Waals surface area contributed by atoms with Crippen molar-refractivity contribution in [3.05, 3.63) is 40.7 Å². The number of nitrogens with one attached hydrogen (secondary N) is 1. The third-order valence-electron chi connectivity index (χ3n) is 3.71. The first-order valence-corrected chi connectivity index (χ1v) is 10.3. The summed E-state index contributed by atoms with van der Waals surface area (Å²) in [6, 6.07) is 5.02. The quantitative estimate of drug-likeness (QED) is 0.685. The lowest BCUT2D eigenvalue weighted by atomic mass is 10.3. The number of nitrogens with zero attached hydrogens (tertiary/aromatic N) is 1. The second-order valence-electron chi connectivity index (χ2n) is 5.32. The zero-order valence-corrected chi connectivity index (χ0v) is 16.0. The Morgan fingerprint density at radius 2 is 2.04 bits per heavy atom. The van der Waals surface area contributed by atoms with Crippen LogP contribution >= 0.6 is 11.3 Å². The summed E-state index contributed by atoms with van der Waals surface area (Å²) < 4.78 is 31.8. The highest BCUT2D eigenvalue weighted by molar-refractivity contribution is 7.91. The summed E-state index contributed by atoms with van der Waals surface area (Å²) in [7, 11) is -3.42. The fourth-order valence-electron chi connectivity index (χ4n) is 2.33. The smallest absolute Gasteiger partial charge is 0.254 e. The highest BCUT2D eigenvalue weighted by Crippen LogP contribution is 2.25. The Hall–Kier alpha value is -1.68. The molecule has 1 amide bonds. The molecule has 9 heteroatoms. The van der Waals surface area contributed by atoms with E-state index in [4.69, 9.17) is 10.2 Å². The monoisotopic (exact) mass is 385 g/mol. The molecule has 0 bridgehead atoms. The van der Waals surface area contributed by atoms with E-state index in [1.165, 1.54) is 21.9 Å². The molecule has 2 aromatic heterocycles. The van der Waals surface area contributed by atoms with Gasteiger partial charge in [0.25, 0.3) is 15.9 Å². The Labute approximate surface area is 151 Å². The molecule has 7 nitrogen and oxygen atoms in total. The summed E-state index contributed by atoms with van der Waals surface area (Å²) in [5.74, 6) is 0.311. The van der Waals surface area contributed by atoms with Crippen LogP contribution in [0.4, 0.5) is 0 Å². The van der Waals surface area contributed by atoms with Crippen molar-refractivity contribution in [3.63, 3.8) is 0 Å². The van der Waals surface area contributed by atoms with E-state index in [0.29, 0.717) is 41.6 Å². The van der Waals surface area contributed by atoms with Gasteiger partial charge in [-0.25, -0.2) is 8.42 Å². The van der Waals surface area contributed by atoms with Crippen LogP contribution < -0.4 is 11.1 Å². The van der Waals surface area contributed by atoms with Crippen molar-refractivity contribution >= 4 is 27.3 Å². The molecule has 0 fully saturated rings. The van der Waals surface area contributed by atoms with Gasteiger partial charge >= 0.3 is 0 Å². The van der Waals surface area contributed by atoms with E-state index in [-0.39, 0.29) is 12.5 Å². The molecule has 0 aromatic carbocycles. The number of hydrogen-bond acceptors (Lipinski definition) is 6. The highest BCUT2D eigenvalue weighted by Gasteiger charge is 2.23. The van der Waals surface area contributed by atoms with Gasteiger partial charge in [0.15, 0.2) is 0 Å². The number of nitrogens with two attached hydrogens (primary N) is 1. The van der Waals surface area contributed by atoms with Crippen molar-refractivity contribution < 1.29 is 17.6 Å². The van der Waals surface area contributed by atoms with Gasteiger partial charge in [-0.3, -0.25) is 4.79 Å². The number of carbonyl (C=O) groups excluding carboxylic acids is 1. The number of carbonyl (C=O) groups is 1. The topological polar surface area (TPSA) is 106 Å². The van der Waals surface area contributed by atoms with E-state index in [1.807, 2.05) is 13.8 Å². The Bertz CT molecular complexity index is 807. The molecule has 0 unspecified atom stereocenters. The summed E-state index contributed by atoms with van der Waals surface area (Å²) in [6.45, 7) is 5.17. The predicted molar refractivity (Wildman–Crippen MR) is 97.1 cm³/mol. The van der Waals surface area contributed by atoms with E-state index in [1.54, 1.807) is 18.2 Å². The van der Waals surface area contributed by atoms with Gasteiger partial charge in [0.1, 0.15) is 16.2 Å². The van der Waals surface area contributed by atoms with Gasteiger partial charge in [-0.15, -0.1) is 11.3 Å². The minimum atomic E-state index is -3.42. The summed E-state index contributed by atoms with van der Waals surface area (Å²) in [4.78, 5) is 12.9. The van der Waals surface area contributed by atoms with Gasteiger partial charge in [-0.1, -0.05) is 13.8 Å². The standard InChI is InChI=1S/C16H23N3O4S2/c1-3-19(4-2)25(21,22)15-6-5-14(24-15)7-8-18-16(20)12-9-13(10-17)23-11-12/h5-6,9,11H,3-4,7-8,10,17H2,1-2H3,(H,18,20). The third kappa shape index (κ3) is 4.69. The maximum atomic E-state index is 12.5. The Kier molecular flexibility index (Phi) is 6.77. The van der Waals surface area contributed by atoms with Crippen LogP contribution in [0.1, 0.15) is 34.8 Å². The molecule has 0 spiro atoms. The second kappa shape index (κ2) is 8.61. The third-order valence-corrected chi connectivity index (χ3v) is 7.37. The molecule has 0 atom stereocenters. The Balaban J connectivity index is 1.92. The Morgan fingerprint density at radius 3 is 2.64 bits per heavy atom. The van der Waals surface area contributed by atoms with Gasteiger partial charge in [0, 0.05) is 24.5 Å². The molecule has 0 saturated carbocycles. The van der Waals surface area contributed by atoms with Crippen LogP contribution in [0.25, 0.3) is 0 Å². The molecule has 25 heavy (non-hydrogen) atoms. The van der Waals surface area contributed by atoms with Crippen molar-refractivity contribution in [2.45, 2.75) is 31.0 Å². The van der Waals surface area contributed by atoms with Crippen molar-refractivity contribution in [1.82, 2.24) is 9.62 Å². The van der Waals surface area contributed by atoms with Crippen molar-refractivity contribution in [2.75, 3.05) is 19.6 Å². The maximum absolute atomic E-state index is 12.5. The van der Waals surface area contributed by atoms with Gasteiger partial charge in [0.2, 0.25) is 0 Å². The molecule has 0 aliphatic heterocycles. The summed E-state index contributed by atoms with van der Waals surface area (Å²) in [5, 5.41) is 2.79. The van der Waals surface area contributed by atoms with E-state index in [9.17, 15) is 13.2 Å². The average molecular weight is 386 g/mol. The maximum Gasteiger partial charge on any atom is 0.254 e. The molecule has 0 radical (unpaired) electrons. The van der Waals surface area contributed by atoms with Gasteiger partial charge < -0.3 is 15.5 Å². The fourth-order valence-corrected chi connectivity index (χ4v) is 5.30. The SMILES string of the molecule is CCN(CC)S(=O)(=O)c1ccc(CCNC(=O)c2coc(CN)c2)s1. The molecule has 2 heterocycles. The van der Waals surface area contributed by atoms with Gasteiger partial charge in [0.05, 0.1) is 12.1 Å². The molecule has 0 aliphatic rings. The number of rotatable bonds is 9. The first-order valence-electron chi connectivity index (χ1n) is 8.06. The van der Waals surface area contributed by atoms with Crippen molar-refractivity contribution in [1.29, 1.82) is 0 Å². The molecule has 2 aromatic rings. The minimum Gasteiger partial charge on any atom is -0.467 e. The average Bonchev–Trinajstić information content (AvgIpc) is 3.25. The number of amides is 1. The number of furan rings is 1. The fraction of sp³-hybridized carbons (Fsp3) is 0.438. The lowest BCUT2D eigenvalue weighted by Crippen LogP contribution is -2.29. The van der Waals surface area contributed by atoms with Crippen LogP contribution in [0.5, 0.6) is 0 Å². The van der Waals surface area contributed by atoms with Crippen LogP contribution in [-0.2, 0) is 23.0 Å². The van der Waals surface area contributed by atoms with Crippen LogP contribution in [0.2, 0.25) is 0 Å². The van der Waals surface area contributed by atoms with E-state index >= 15 is 0 Å². The van der Waals surface area contributed by atoms with Crippen LogP contribution in [-0.4, -0.2) is 38.3 Å². The molecule has 2 rings (SSSR count). The van der Waals surface area contributed by atoms with Crippen LogP contribution in [0, 0.1) is 0 Å². The van der Waals surface area contributed by atoms with E-state index in [0.717, 1.165) is 4.88 Å². The molecule has 3 N–H and O–H groups in total. The van der Waals surface area contributed by atoms with Crippen LogP contribution in [0.3, 0.4) is 0 Å². The van der Waals surface area contributed by atoms with Crippen molar-refractivity contribution in [3.8, 4) is 0 Å². The lowest BCUT2D eigenvalue weighted by Gasteiger charge is -2.16. The molecular formula is C16H23N3O4S2. The van der Waals surface area contributed by atoms with Crippen molar-refractivity contribution in [2.24, 2.45) is 5.73 Å². The first kappa shape index (κ1) is 19.6. The molecule has 138 valence electrons. The zero-order valence-electron chi connectivity index (χ0n) is 14.3. The lowest BCUT2D eigenvalue weighted by molar-refractivity contribution is 0.0953. The second-order valence-corrected chi connectivity index (χ2v) is 8.65. The molecular weight excluding hydrogens is 362 g/mol. The predicted octanol–water partition coefficient (Wildman–Crippen LogP) is 1.80. The summed E-state index contributed by atoms with van der Waals surface area (Å²) in [5.41, 5.74) is 5.87. The Morgan fingerprint density at radius 1 is 1.32 bits per heavy atom. The normalized spacial score (nSPS) is 11.8. The van der Waals surface area contributed by atoms with Gasteiger partial charge in [-0.2, -0.15) is 4.31 Å². The molecule has 0 saturated heterocycles. The van der Waals surface area contributed by atoms with E-state index < -0.39 is 10.0 Å². The number of sulfonamides is 1. The summed E-state index contributed by atoms with van der Waals surface area (Å²) in [6.07, 6.45) is 1.93. The zero-order chi connectivity index (χ0) is 18.4. The van der Waals surface area contributed by atoms with Gasteiger partial charge in [-0.05, 0) is 24.6 Å². The minimum absolute atomic E-state index is 0.240. The largest absolute Gasteiger partial charge is 0.467 e. The highest BCUT2D eigenvalue weighted by atomic mass is 32.2. The molecule has 0 aliphatic carbocycles. The number of hydrogen-bond donors (Lipinski definition) is 2. The number of thiophene rings is 1. The first-order chi connectivity index (χ1) is 11.9. The van der Waals surface area contributed by atoms with Crippen LogP contribution in [0.15, 0.2) is 33.1 Å². The summed E-state index contributed by atoms with van der Waals surface area (Å²) >= 11 is 1.24.